The summed E-state index contributed by atoms with van der Waals surface area (Å²) >= 11 is 0. The average molecular weight is 269 g/mol. The van der Waals surface area contributed by atoms with Crippen molar-refractivity contribution >= 4 is 11.8 Å². The number of morpholine rings is 1. The first-order chi connectivity index (χ1) is 8.69. The van der Waals surface area contributed by atoms with Crippen molar-refractivity contribution in [3.05, 3.63) is 0 Å². The highest BCUT2D eigenvalue weighted by atomic mass is 16.5. The van der Waals surface area contributed by atoms with Gasteiger partial charge in [-0.1, -0.05) is 0 Å². The lowest BCUT2D eigenvalue weighted by Crippen LogP contribution is -2.64. The van der Waals surface area contributed by atoms with Crippen LogP contribution >= 0.6 is 0 Å². The highest BCUT2D eigenvalue weighted by Gasteiger charge is 2.41. The van der Waals surface area contributed by atoms with Crippen molar-refractivity contribution in [2.45, 2.75) is 44.9 Å². The SMILES string of the molecule is CC1(C)CN(C(=O)C2CNC(=O)CN2)CC(C)(C)O1. The van der Waals surface area contributed by atoms with Gasteiger partial charge in [-0.15, -0.1) is 0 Å². The van der Waals surface area contributed by atoms with Gasteiger partial charge in [0.15, 0.2) is 0 Å². The zero-order valence-electron chi connectivity index (χ0n) is 12.1. The van der Waals surface area contributed by atoms with Gasteiger partial charge in [-0.2, -0.15) is 0 Å². The van der Waals surface area contributed by atoms with Gasteiger partial charge in [0, 0.05) is 19.6 Å². The second kappa shape index (κ2) is 4.76. The largest absolute Gasteiger partial charge is 0.366 e. The van der Waals surface area contributed by atoms with E-state index in [0.29, 0.717) is 19.6 Å². The molecule has 2 rings (SSSR count). The maximum absolute atomic E-state index is 12.5. The second-order valence-electron chi connectivity index (χ2n) is 6.55. The van der Waals surface area contributed by atoms with Crippen molar-refractivity contribution in [2.24, 2.45) is 0 Å². The fraction of sp³-hybridized carbons (Fsp3) is 0.846. The van der Waals surface area contributed by atoms with Gasteiger partial charge in [0.05, 0.1) is 17.7 Å². The average Bonchev–Trinajstić information content (AvgIpc) is 2.25. The number of piperazine rings is 1. The summed E-state index contributed by atoms with van der Waals surface area (Å²) in [6.45, 7) is 9.66. The summed E-state index contributed by atoms with van der Waals surface area (Å²) in [6, 6.07) is -0.331. The van der Waals surface area contributed by atoms with E-state index in [1.165, 1.54) is 0 Å². The molecule has 0 spiro atoms. The van der Waals surface area contributed by atoms with E-state index in [1.54, 1.807) is 0 Å². The minimum Gasteiger partial charge on any atom is -0.366 e. The number of rotatable bonds is 1. The molecule has 0 aromatic rings. The number of amides is 2. The van der Waals surface area contributed by atoms with Gasteiger partial charge in [-0.3, -0.25) is 14.9 Å². The molecule has 1 unspecified atom stereocenters. The fourth-order valence-electron chi connectivity index (χ4n) is 2.90. The van der Waals surface area contributed by atoms with E-state index < -0.39 is 0 Å². The highest BCUT2D eigenvalue weighted by Crippen LogP contribution is 2.28. The van der Waals surface area contributed by atoms with Crippen LogP contribution in [0.1, 0.15) is 27.7 Å². The van der Waals surface area contributed by atoms with Crippen molar-refractivity contribution in [3.8, 4) is 0 Å². The molecule has 0 radical (unpaired) electrons. The third kappa shape index (κ3) is 3.45. The molecule has 6 heteroatoms. The van der Waals surface area contributed by atoms with Crippen molar-refractivity contribution in [1.29, 1.82) is 0 Å². The number of hydrogen-bond acceptors (Lipinski definition) is 4. The van der Waals surface area contributed by atoms with E-state index in [0.717, 1.165) is 0 Å². The maximum Gasteiger partial charge on any atom is 0.241 e. The smallest absolute Gasteiger partial charge is 0.241 e. The Hall–Kier alpha value is -1.14. The van der Waals surface area contributed by atoms with E-state index in [1.807, 2.05) is 32.6 Å². The van der Waals surface area contributed by atoms with Crippen LogP contribution in [0.4, 0.5) is 0 Å². The fourth-order valence-corrected chi connectivity index (χ4v) is 2.90. The molecule has 6 nitrogen and oxygen atoms in total. The lowest BCUT2D eigenvalue weighted by Gasteiger charge is -2.48. The summed E-state index contributed by atoms with van der Waals surface area (Å²) in [5, 5.41) is 5.69. The Balaban J connectivity index is 2.04. The molecule has 1 atom stereocenters. The zero-order chi connectivity index (χ0) is 14.3. The molecule has 2 heterocycles. The Kier molecular flexibility index (Phi) is 3.57. The van der Waals surface area contributed by atoms with Crippen LogP contribution in [0, 0.1) is 0 Å². The normalized spacial score (nSPS) is 29.8. The van der Waals surface area contributed by atoms with Gasteiger partial charge in [-0.05, 0) is 27.7 Å². The van der Waals surface area contributed by atoms with Crippen LogP contribution in [0.3, 0.4) is 0 Å². The Labute approximate surface area is 113 Å². The third-order valence-electron chi connectivity index (χ3n) is 3.32. The van der Waals surface area contributed by atoms with E-state index in [9.17, 15) is 9.59 Å². The Morgan fingerprint density at radius 2 is 1.84 bits per heavy atom. The molecule has 2 aliphatic heterocycles. The molecule has 2 aliphatic rings. The van der Waals surface area contributed by atoms with Gasteiger partial charge >= 0.3 is 0 Å². The maximum atomic E-state index is 12.5. The van der Waals surface area contributed by atoms with Crippen molar-refractivity contribution in [3.63, 3.8) is 0 Å². The Morgan fingerprint density at radius 1 is 1.26 bits per heavy atom. The zero-order valence-corrected chi connectivity index (χ0v) is 12.1. The summed E-state index contributed by atoms with van der Waals surface area (Å²) in [6.07, 6.45) is 0. The van der Waals surface area contributed by atoms with Gasteiger partial charge in [0.25, 0.3) is 0 Å². The van der Waals surface area contributed by atoms with Gasteiger partial charge in [0.2, 0.25) is 11.8 Å². The van der Waals surface area contributed by atoms with Crippen LogP contribution < -0.4 is 10.6 Å². The van der Waals surface area contributed by atoms with Crippen LogP contribution in [0.2, 0.25) is 0 Å². The Morgan fingerprint density at radius 3 is 2.32 bits per heavy atom. The molecule has 19 heavy (non-hydrogen) atoms. The van der Waals surface area contributed by atoms with Crippen LogP contribution in [0.15, 0.2) is 0 Å². The molecule has 0 aromatic heterocycles. The highest BCUT2D eigenvalue weighted by molar-refractivity contribution is 5.87. The molecular weight excluding hydrogens is 246 g/mol. The second-order valence-corrected chi connectivity index (χ2v) is 6.55. The summed E-state index contributed by atoms with van der Waals surface area (Å²) < 4.78 is 5.96. The predicted octanol–water partition coefficient (Wildman–Crippen LogP) is -0.510. The first-order valence-electron chi connectivity index (χ1n) is 6.68. The topological polar surface area (TPSA) is 70.7 Å². The summed E-state index contributed by atoms with van der Waals surface area (Å²) in [4.78, 5) is 25.4. The van der Waals surface area contributed by atoms with E-state index in [-0.39, 0.29) is 35.6 Å². The molecule has 2 fully saturated rings. The van der Waals surface area contributed by atoms with Crippen LogP contribution in [0.5, 0.6) is 0 Å². The number of carbonyl (C=O) groups is 2. The van der Waals surface area contributed by atoms with Crippen LogP contribution in [-0.4, -0.2) is 60.1 Å². The van der Waals surface area contributed by atoms with Crippen LogP contribution in [-0.2, 0) is 14.3 Å². The number of nitrogens with zero attached hydrogens (tertiary/aromatic N) is 1. The standard InChI is InChI=1S/C13H23N3O3/c1-12(2)7-16(8-13(3,4)19-12)11(18)9-5-15-10(17)6-14-9/h9,14H,5-8H2,1-4H3,(H,15,17). The predicted molar refractivity (Wildman–Crippen MR) is 70.6 cm³/mol. The number of hydrogen-bond donors (Lipinski definition) is 2. The molecule has 2 N–H and O–H groups in total. The number of carbonyl (C=O) groups excluding carboxylic acids is 2. The molecule has 0 aromatic carbocycles. The van der Waals surface area contributed by atoms with Crippen molar-refractivity contribution in [2.75, 3.05) is 26.2 Å². The first kappa shape index (κ1) is 14.3. The number of ether oxygens (including phenoxy) is 1. The quantitative estimate of drug-likeness (QED) is 0.673. The van der Waals surface area contributed by atoms with Crippen molar-refractivity contribution < 1.29 is 14.3 Å². The van der Waals surface area contributed by atoms with Gasteiger partial charge in [0.1, 0.15) is 6.04 Å². The lowest BCUT2D eigenvalue weighted by atomic mass is 9.98. The summed E-state index contributed by atoms with van der Waals surface area (Å²) in [5.41, 5.74) is -0.704. The Bertz CT molecular complexity index is 367. The van der Waals surface area contributed by atoms with Gasteiger partial charge in [-0.25, -0.2) is 0 Å². The first-order valence-corrected chi connectivity index (χ1v) is 6.68. The molecular formula is C13H23N3O3. The van der Waals surface area contributed by atoms with Crippen molar-refractivity contribution in [1.82, 2.24) is 15.5 Å². The molecule has 108 valence electrons. The van der Waals surface area contributed by atoms with Crippen LogP contribution in [0.25, 0.3) is 0 Å². The third-order valence-corrected chi connectivity index (χ3v) is 3.32. The minimum atomic E-state index is -0.352. The summed E-state index contributed by atoms with van der Waals surface area (Å²) in [7, 11) is 0. The van der Waals surface area contributed by atoms with E-state index in [4.69, 9.17) is 4.74 Å². The lowest BCUT2D eigenvalue weighted by molar-refractivity contribution is -0.189. The van der Waals surface area contributed by atoms with E-state index in [2.05, 4.69) is 10.6 Å². The summed E-state index contributed by atoms with van der Waals surface area (Å²) in [5.74, 6) is -0.0314. The van der Waals surface area contributed by atoms with E-state index >= 15 is 0 Å². The monoisotopic (exact) mass is 269 g/mol. The number of nitrogens with one attached hydrogen (secondary N) is 2. The van der Waals surface area contributed by atoms with Gasteiger partial charge < -0.3 is 15.0 Å². The molecule has 0 aliphatic carbocycles. The molecule has 0 saturated carbocycles. The molecule has 2 saturated heterocycles. The molecule has 2 amide bonds. The molecule has 0 bridgehead atoms. The minimum absolute atomic E-state index is 0.0319.